The number of hydrogen-bond acceptors (Lipinski definition) is 5. The first-order chi connectivity index (χ1) is 13.2. The quantitative estimate of drug-likeness (QED) is 0.708. The van der Waals surface area contributed by atoms with E-state index >= 15 is 0 Å². The molecule has 0 atom stereocenters. The molecule has 0 unspecified atom stereocenters. The summed E-state index contributed by atoms with van der Waals surface area (Å²) in [4.78, 5) is 16.7. The first kappa shape index (κ1) is 17.5. The number of ether oxygens (including phenoxy) is 2. The van der Waals surface area contributed by atoms with Crippen LogP contribution in [0.1, 0.15) is 16.1 Å². The summed E-state index contributed by atoms with van der Waals surface area (Å²) < 4.78 is 10.7. The van der Waals surface area contributed by atoms with E-state index in [4.69, 9.17) is 9.47 Å². The fourth-order valence-electron chi connectivity index (χ4n) is 2.98. The molecule has 1 amide bonds. The van der Waals surface area contributed by atoms with E-state index in [9.17, 15) is 4.79 Å². The number of hydrogen-bond donors (Lipinski definition) is 1. The highest BCUT2D eigenvalue weighted by molar-refractivity contribution is 7.09. The topological polar surface area (TPSA) is 60.5 Å². The van der Waals surface area contributed by atoms with Crippen LogP contribution in [0.25, 0.3) is 11.3 Å². The Labute approximate surface area is 162 Å². The van der Waals surface area contributed by atoms with Crippen molar-refractivity contribution in [2.45, 2.75) is 19.8 Å². The molecule has 27 heavy (non-hydrogen) atoms. The van der Waals surface area contributed by atoms with Crippen LogP contribution in [0.5, 0.6) is 11.5 Å². The summed E-state index contributed by atoms with van der Waals surface area (Å²) in [5.41, 5.74) is 4.16. The monoisotopic (exact) mass is 380 g/mol. The molecule has 4 rings (SSSR count). The SMILES string of the molecule is Cc1nc(-c2ccc(CC(=O)NCCc3ccc4c(c3)OCO4)cc2)cs1. The molecule has 5 nitrogen and oxygen atoms in total. The van der Waals surface area contributed by atoms with Gasteiger partial charge in [0.25, 0.3) is 0 Å². The molecule has 2 aromatic carbocycles. The molecular weight excluding hydrogens is 360 g/mol. The number of thiazole rings is 1. The van der Waals surface area contributed by atoms with Gasteiger partial charge in [0.05, 0.1) is 17.1 Å². The molecule has 3 aromatic rings. The number of carbonyl (C=O) groups is 1. The maximum Gasteiger partial charge on any atom is 0.231 e. The third-order valence-corrected chi connectivity index (χ3v) is 5.18. The van der Waals surface area contributed by atoms with Crippen LogP contribution in [0.15, 0.2) is 47.8 Å². The Morgan fingerprint density at radius 1 is 1.11 bits per heavy atom. The van der Waals surface area contributed by atoms with Crippen LogP contribution in [-0.4, -0.2) is 24.2 Å². The highest BCUT2D eigenvalue weighted by Gasteiger charge is 2.13. The van der Waals surface area contributed by atoms with Crippen molar-refractivity contribution in [1.29, 1.82) is 0 Å². The predicted octanol–water partition coefficient (Wildman–Crippen LogP) is 3.75. The standard InChI is InChI=1S/C21H20N2O3S/c1-14-23-18(12-27-14)17-5-2-15(3-6-17)11-21(24)22-9-8-16-4-7-19-20(10-16)26-13-25-19/h2-7,10,12H,8-9,11,13H2,1H3,(H,22,24). The number of rotatable bonds is 6. The lowest BCUT2D eigenvalue weighted by molar-refractivity contribution is -0.120. The van der Waals surface area contributed by atoms with E-state index < -0.39 is 0 Å². The van der Waals surface area contributed by atoms with Gasteiger partial charge in [-0.1, -0.05) is 30.3 Å². The minimum absolute atomic E-state index is 0.0213. The van der Waals surface area contributed by atoms with E-state index in [2.05, 4.69) is 10.3 Å². The molecule has 0 saturated carbocycles. The van der Waals surface area contributed by atoms with Crippen molar-refractivity contribution >= 4 is 17.2 Å². The highest BCUT2D eigenvalue weighted by atomic mass is 32.1. The Morgan fingerprint density at radius 3 is 2.67 bits per heavy atom. The van der Waals surface area contributed by atoms with Gasteiger partial charge in [-0.15, -0.1) is 11.3 Å². The van der Waals surface area contributed by atoms with Crippen LogP contribution in [-0.2, 0) is 17.6 Å². The van der Waals surface area contributed by atoms with Crippen LogP contribution in [0.4, 0.5) is 0 Å². The van der Waals surface area contributed by atoms with Crippen LogP contribution in [0.3, 0.4) is 0 Å². The van der Waals surface area contributed by atoms with E-state index in [-0.39, 0.29) is 12.7 Å². The van der Waals surface area contributed by atoms with Crippen molar-refractivity contribution in [3.8, 4) is 22.8 Å². The number of aryl methyl sites for hydroxylation is 1. The average molecular weight is 380 g/mol. The van der Waals surface area contributed by atoms with Gasteiger partial charge in [0, 0.05) is 17.5 Å². The second-order valence-electron chi connectivity index (χ2n) is 6.41. The fraction of sp³-hybridized carbons (Fsp3) is 0.238. The maximum absolute atomic E-state index is 12.2. The molecule has 0 radical (unpaired) electrons. The van der Waals surface area contributed by atoms with E-state index in [0.29, 0.717) is 13.0 Å². The van der Waals surface area contributed by atoms with Gasteiger partial charge in [0.2, 0.25) is 12.7 Å². The fourth-order valence-corrected chi connectivity index (χ4v) is 3.60. The third kappa shape index (κ3) is 4.28. The van der Waals surface area contributed by atoms with Gasteiger partial charge in [-0.05, 0) is 36.6 Å². The average Bonchev–Trinajstić information content (AvgIpc) is 3.31. The zero-order chi connectivity index (χ0) is 18.6. The van der Waals surface area contributed by atoms with Crippen molar-refractivity contribution in [3.05, 3.63) is 64.0 Å². The van der Waals surface area contributed by atoms with Crippen molar-refractivity contribution in [1.82, 2.24) is 10.3 Å². The molecular formula is C21H20N2O3S. The molecule has 0 aliphatic carbocycles. The van der Waals surface area contributed by atoms with E-state index in [1.54, 1.807) is 11.3 Å². The summed E-state index contributed by atoms with van der Waals surface area (Å²) in [5, 5.41) is 6.08. The lowest BCUT2D eigenvalue weighted by Crippen LogP contribution is -2.27. The smallest absolute Gasteiger partial charge is 0.231 e. The number of carbonyl (C=O) groups excluding carboxylic acids is 1. The molecule has 1 aliphatic rings. The van der Waals surface area contributed by atoms with Crippen LogP contribution in [0, 0.1) is 6.92 Å². The van der Waals surface area contributed by atoms with Crippen LogP contribution < -0.4 is 14.8 Å². The van der Waals surface area contributed by atoms with Gasteiger partial charge in [-0.3, -0.25) is 4.79 Å². The van der Waals surface area contributed by atoms with Crippen LogP contribution >= 0.6 is 11.3 Å². The zero-order valence-corrected chi connectivity index (χ0v) is 15.8. The van der Waals surface area contributed by atoms with E-state index in [1.807, 2.05) is 54.8 Å². The van der Waals surface area contributed by atoms with Crippen molar-refractivity contribution < 1.29 is 14.3 Å². The first-order valence-electron chi connectivity index (χ1n) is 8.84. The summed E-state index contributed by atoms with van der Waals surface area (Å²) in [5.74, 6) is 1.57. The lowest BCUT2D eigenvalue weighted by Gasteiger charge is -2.07. The number of nitrogens with zero attached hydrogens (tertiary/aromatic N) is 1. The normalized spacial score (nSPS) is 12.2. The summed E-state index contributed by atoms with van der Waals surface area (Å²) in [7, 11) is 0. The van der Waals surface area contributed by atoms with Crippen molar-refractivity contribution in [3.63, 3.8) is 0 Å². The molecule has 1 aliphatic heterocycles. The Kier molecular flexibility index (Phi) is 5.07. The first-order valence-corrected chi connectivity index (χ1v) is 9.72. The molecule has 0 bridgehead atoms. The summed E-state index contributed by atoms with van der Waals surface area (Å²) in [6.45, 7) is 2.86. The Balaban J connectivity index is 1.27. The number of benzene rings is 2. The second kappa shape index (κ2) is 7.80. The molecule has 1 N–H and O–H groups in total. The van der Waals surface area contributed by atoms with Gasteiger partial charge in [-0.25, -0.2) is 4.98 Å². The minimum atomic E-state index is 0.0213. The number of nitrogens with one attached hydrogen (secondary N) is 1. The molecule has 0 saturated heterocycles. The summed E-state index contributed by atoms with van der Waals surface area (Å²) in [6, 6.07) is 13.9. The largest absolute Gasteiger partial charge is 0.454 e. The molecule has 0 fully saturated rings. The van der Waals surface area contributed by atoms with Crippen molar-refractivity contribution in [2.75, 3.05) is 13.3 Å². The van der Waals surface area contributed by atoms with Gasteiger partial charge in [-0.2, -0.15) is 0 Å². The highest BCUT2D eigenvalue weighted by Crippen LogP contribution is 2.32. The van der Waals surface area contributed by atoms with E-state index in [1.165, 1.54) is 0 Å². The predicted molar refractivity (Wildman–Crippen MR) is 105 cm³/mol. The third-order valence-electron chi connectivity index (χ3n) is 4.41. The summed E-state index contributed by atoms with van der Waals surface area (Å²) >= 11 is 1.64. The maximum atomic E-state index is 12.2. The van der Waals surface area contributed by atoms with Gasteiger partial charge in [0.15, 0.2) is 11.5 Å². The molecule has 1 aromatic heterocycles. The molecule has 2 heterocycles. The zero-order valence-electron chi connectivity index (χ0n) is 15.0. The molecule has 0 spiro atoms. The minimum Gasteiger partial charge on any atom is -0.454 e. The summed E-state index contributed by atoms with van der Waals surface area (Å²) in [6.07, 6.45) is 1.13. The second-order valence-corrected chi connectivity index (χ2v) is 7.48. The van der Waals surface area contributed by atoms with Gasteiger partial charge < -0.3 is 14.8 Å². The Morgan fingerprint density at radius 2 is 1.89 bits per heavy atom. The molecule has 138 valence electrons. The van der Waals surface area contributed by atoms with Crippen LogP contribution in [0.2, 0.25) is 0 Å². The molecule has 6 heteroatoms. The Hall–Kier alpha value is -2.86. The number of fused-ring (bicyclic) bond motifs is 1. The van der Waals surface area contributed by atoms with E-state index in [0.717, 1.165) is 45.3 Å². The lowest BCUT2D eigenvalue weighted by atomic mass is 10.1. The van der Waals surface area contributed by atoms with Crippen molar-refractivity contribution in [2.24, 2.45) is 0 Å². The Bertz CT molecular complexity index is 950. The van der Waals surface area contributed by atoms with Gasteiger partial charge in [0.1, 0.15) is 0 Å². The number of aromatic nitrogens is 1. The number of amides is 1. The van der Waals surface area contributed by atoms with Gasteiger partial charge >= 0.3 is 0 Å².